The monoisotopic (exact) mass is 269 g/mol. The van der Waals surface area contributed by atoms with Gasteiger partial charge in [0.05, 0.1) is 12.1 Å². The van der Waals surface area contributed by atoms with Crippen LogP contribution in [0.5, 0.6) is 0 Å². The Balaban J connectivity index is 2.04. The average molecular weight is 269 g/mol. The molecule has 0 aromatic heterocycles. The molecule has 0 spiro atoms. The molecule has 2 unspecified atom stereocenters. The van der Waals surface area contributed by atoms with Gasteiger partial charge in [-0.3, -0.25) is 0 Å². The van der Waals surface area contributed by atoms with E-state index < -0.39 is 5.54 Å². The zero-order chi connectivity index (χ0) is 14.4. The summed E-state index contributed by atoms with van der Waals surface area (Å²) in [5, 5.41) is 13.3. The minimum atomic E-state index is -0.399. The van der Waals surface area contributed by atoms with Crippen molar-refractivity contribution in [3.63, 3.8) is 0 Å². The Morgan fingerprint density at radius 2 is 1.55 bits per heavy atom. The van der Waals surface area contributed by atoms with E-state index >= 15 is 0 Å². The number of nitrogens with one attached hydrogen (secondary N) is 1. The Hall–Kier alpha value is -1.64. The van der Waals surface area contributed by atoms with Crippen LogP contribution < -0.4 is 5.32 Å². The van der Waals surface area contributed by atoms with Crippen molar-refractivity contribution in [1.82, 2.24) is 5.32 Å². The molecule has 0 aliphatic heterocycles. The van der Waals surface area contributed by atoms with Gasteiger partial charge in [0.2, 0.25) is 0 Å². The van der Waals surface area contributed by atoms with Gasteiger partial charge in [0.25, 0.3) is 0 Å². The molecule has 0 fully saturated rings. The molecule has 0 aliphatic carbocycles. The fraction of sp³-hybridized carbons (Fsp3) is 0.333. The standard InChI is InChI=1S/C18H23NO/c1-15(16-9-5-3-6-10-16)13-19-18(2,14-20)17-11-7-4-8-12-17/h3-12,15,19-20H,13-14H2,1-2H3. The maximum absolute atomic E-state index is 9.76. The van der Waals surface area contributed by atoms with Crippen LogP contribution in [0.1, 0.15) is 30.9 Å². The molecule has 106 valence electrons. The summed E-state index contributed by atoms with van der Waals surface area (Å²) in [7, 11) is 0. The SMILES string of the molecule is CC(CNC(C)(CO)c1ccccc1)c1ccccc1. The molecule has 2 N–H and O–H groups in total. The van der Waals surface area contributed by atoms with Gasteiger partial charge in [0, 0.05) is 6.54 Å². The zero-order valence-electron chi connectivity index (χ0n) is 12.2. The highest BCUT2D eigenvalue weighted by Crippen LogP contribution is 2.22. The average Bonchev–Trinajstić information content (AvgIpc) is 2.54. The molecule has 0 bridgehead atoms. The van der Waals surface area contributed by atoms with Crippen molar-refractivity contribution in [3.8, 4) is 0 Å². The molecule has 0 saturated heterocycles. The van der Waals surface area contributed by atoms with Crippen molar-refractivity contribution < 1.29 is 5.11 Å². The van der Waals surface area contributed by atoms with Crippen LogP contribution in [-0.2, 0) is 5.54 Å². The van der Waals surface area contributed by atoms with Gasteiger partial charge in [-0.05, 0) is 24.0 Å². The lowest BCUT2D eigenvalue weighted by Crippen LogP contribution is -2.44. The molecule has 2 aromatic carbocycles. The van der Waals surface area contributed by atoms with Crippen molar-refractivity contribution in [1.29, 1.82) is 0 Å². The maximum atomic E-state index is 9.76. The largest absolute Gasteiger partial charge is 0.394 e. The van der Waals surface area contributed by atoms with E-state index in [1.165, 1.54) is 5.56 Å². The predicted molar refractivity (Wildman–Crippen MR) is 83.7 cm³/mol. The normalized spacial score (nSPS) is 15.6. The van der Waals surface area contributed by atoms with E-state index in [1.807, 2.05) is 31.2 Å². The highest BCUT2D eigenvalue weighted by molar-refractivity contribution is 5.24. The first-order chi connectivity index (χ1) is 9.65. The van der Waals surface area contributed by atoms with E-state index in [0.29, 0.717) is 5.92 Å². The highest BCUT2D eigenvalue weighted by Gasteiger charge is 2.25. The molecule has 2 rings (SSSR count). The molecule has 0 aliphatic rings. The van der Waals surface area contributed by atoms with Crippen LogP contribution in [0.4, 0.5) is 0 Å². The number of hydrogen-bond acceptors (Lipinski definition) is 2. The van der Waals surface area contributed by atoms with Crippen molar-refractivity contribution in [2.45, 2.75) is 25.3 Å². The first kappa shape index (κ1) is 14.8. The fourth-order valence-electron chi connectivity index (χ4n) is 2.33. The van der Waals surface area contributed by atoms with E-state index in [1.54, 1.807) is 0 Å². The second kappa shape index (κ2) is 6.69. The Morgan fingerprint density at radius 1 is 1.00 bits per heavy atom. The number of benzene rings is 2. The van der Waals surface area contributed by atoms with E-state index in [9.17, 15) is 5.11 Å². The Morgan fingerprint density at radius 3 is 2.10 bits per heavy atom. The van der Waals surface area contributed by atoms with Gasteiger partial charge in [0.1, 0.15) is 0 Å². The zero-order valence-corrected chi connectivity index (χ0v) is 12.2. The summed E-state index contributed by atoms with van der Waals surface area (Å²) in [6.07, 6.45) is 0. The first-order valence-corrected chi connectivity index (χ1v) is 7.12. The molecule has 0 radical (unpaired) electrons. The van der Waals surface area contributed by atoms with E-state index in [-0.39, 0.29) is 6.61 Å². The summed E-state index contributed by atoms with van der Waals surface area (Å²) >= 11 is 0. The number of rotatable bonds is 6. The van der Waals surface area contributed by atoms with Crippen molar-refractivity contribution >= 4 is 0 Å². The van der Waals surface area contributed by atoms with Crippen LogP contribution in [-0.4, -0.2) is 18.3 Å². The Labute approximate surface area is 121 Å². The van der Waals surface area contributed by atoms with E-state index in [0.717, 1.165) is 12.1 Å². The minimum Gasteiger partial charge on any atom is -0.394 e. The topological polar surface area (TPSA) is 32.3 Å². The number of aliphatic hydroxyl groups is 1. The summed E-state index contributed by atoms with van der Waals surface area (Å²) in [4.78, 5) is 0. The minimum absolute atomic E-state index is 0.0819. The molecule has 2 nitrogen and oxygen atoms in total. The summed E-state index contributed by atoms with van der Waals surface area (Å²) in [6, 6.07) is 20.6. The van der Waals surface area contributed by atoms with Gasteiger partial charge in [-0.25, -0.2) is 0 Å². The van der Waals surface area contributed by atoms with E-state index in [2.05, 4.69) is 48.6 Å². The van der Waals surface area contributed by atoms with Crippen LogP contribution in [0, 0.1) is 0 Å². The van der Waals surface area contributed by atoms with Crippen molar-refractivity contribution in [2.24, 2.45) is 0 Å². The third kappa shape index (κ3) is 3.47. The highest BCUT2D eigenvalue weighted by atomic mass is 16.3. The van der Waals surface area contributed by atoms with Gasteiger partial charge in [-0.2, -0.15) is 0 Å². The quantitative estimate of drug-likeness (QED) is 0.843. The molecular weight excluding hydrogens is 246 g/mol. The second-order valence-electron chi connectivity index (χ2n) is 5.55. The summed E-state index contributed by atoms with van der Waals surface area (Å²) in [5.74, 6) is 0.408. The third-order valence-corrected chi connectivity index (χ3v) is 3.89. The van der Waals surface area contributed by atoms with Crippen LogP contribution in [0.2, 0.25) is 0 Å². The smallest absolute Gasteiger partial charge is 0.0652 e. The maximum Gasteiger partial charge on any atom is 0.0652 e. The number of hydrogen-bond donors (Lipinski definition) is 2. The summed E-state index contributed by atoms with van der Waals surface area (Å²) in [6.45, 7) is 5.15. The van der Waals surface area contributed by atoms with Crippen molar-refractivity contribution in [3.05, 3.63) is 71.8 Å². The molecule has 20 heavy (non-hydrogen) atoms. The van der Waals surface area contributed by atoms with Crippen molar-refractivity contribution in [2.75, 3.05) is 13.2 Å². The van der Waals surface area contributed by atoms with Crippen LogP contribution in [0.15, 0.2) is 60.7 Å². The lowest BCUT2D eigenvalue weighted by Gasteiger charge is -2.31. The van der Waals surface area contributed by atoms with E-state index in [4.69, 9.17) is 0 Å². The van der Waals surface area contributed by atoms with Crippen LogP contribution >= 0.6 is 0 Å². The molecule has 2 heteroatoms. The molecule has 2 aromatic rings. The fourth-order valence-corrected chi connectivity index (χ4v) is 2.33. The lowest BCUT2D eigenvalue weighted by molar-refractivity contribution is 0.173. The molecule has 0 saturated carbocycles. The second-order valence-corrected chi connectivity index (χ2v) is 5.55. The molecular formula is C18H23NO. The molecule has 0 amide bonds. The van der Waals surface area contributed by atoms with Gasteiger partial charge >= 0.3 is 0 Å². The Kier molecular flexibility index (Phi) is 4.94. The molecule has 0 heterocycles. The molecule has 2 atom stereocenters. The van der Waals surface area contributed by atoms with Gasteiger partial charge < -0.3 is 10.4 Å². The van der Waals surface area contributed by atoms with Gasteiger partial charge in [-0.1, -0.05) is 67.6 Å². The lowest BCUT2D eigenvalue weighted by atomic mass is 9.91. The first-order valence-electron chi connectivity index (χ1n) is 7.12. The summed E-state index contributed by atoms with van der Waals surface area (Å²) < 4.78 is 0. The third-order valence-electron chi connectivity index (χ3n) is 3.89. The summed E-state index contributed by atoms with van der Waals surface area (Å²) in [5.41, 5.74) is 2.03. The van der Waals surface area contributed by atoms with Crippen LogP contribution in [0.3, 0.4) is 0 Å². The Bertz CT molecular complexity index is 511. The van der Waals surface area contributed by atoms with Gasteiger partial charge in [-0.15, -0.1) is 0 Å². The van der Waals surface area contributed by atoms with Gasteiger partial charge in [0.15, 0.2) is 0 Å². The predicted octanol–water partition coefficient (Wildman–Crippen LogP) is 3.29. The number of aliphatic hydroxyl groups excluding tert-OH is 1. The van der Waals surface area contributed by atoms with Crippen LogP contribution in [0.25, 0.3) is 0 Å².